The highest BCUT2D eigenvalue weighted by Gasteiger charge is 2.26. The predicted molar refractivity (Wildman–Crippen MR) is 92.1 cm³/mol. The first kappa shape index (κ1) is 20.4. The van der Waals surface area contributed by atoms with Gasteiger partial charge >= 0.3 is 0 Å². The maximum absolute atomic E-state index is 14.4. The second kappa shape index (κ2) is 7.97. The van der Waals surface area contributed by atoms with Crippen LogP contribution in [0.25, 0.3) is 11.7 Å². The first-order chi connectivity index (χ1) is 13.2. The van der Waals surface area contributed by atoms with Gasteiger partial charge in [0, 0.05) is 5.56 Å². The molecule has 0 bridgehead atoms. The second-order valence-corrected chi connectivity index (χ2v) is 7.20. The Kier molecular flexibility index (Phi) is 5.82. The molecule has 0 heterocycles. The summed E-state index contributed by atoms with van der Waals surface area (Å²) < 4.78 is 96.9. The van der Waals surface area contributed by atoms with Gasteiger partial charge in [-0.3, -0.25) is 0 Å². The molecular formula is C21H17F7. The van der Waals surface area contributed by atoms with Gasteiger partial charge in [-0.15, -0.1) is 0 Å². The molecular weight excluding hydrogens is 385 g/mol. The van der Waals surface area contributed by atoms with E-state index in [2.05, 4.69) is 6.92 Å². The third-order valence-electron chi connectivity index (χ3n) is 5.20. The third-order valence-corrected chi connectivity index (χ3v) is 5.20. The van der Waals surface area contributed by atoms with Crippen molar-refractivity contribution in [2.24, 2.45) is 5.92 Å². The van der Waals surface area contributed by atoms with Crippen LogP contribution in [0.1, 0.15) is 55.2 Å². The van der Waals surface area contributed by atoms with Crippen LogP contribution in [0, 0.1) is 35.0 Å². The minimum atomic E-state index is -1.95. The maximum Gasteiger partial charge on any atom is 0.194 e. The van der Waals surface area contributed by atoms with Crippen LogP contribution in [0.5, 0.6) is 0 Å². The zero-order valence-electron chi connectivity index (χ0n) is 14.9. The molecule has 0 N–H and O–H groups in total. The summed E-state index contributed by atoms with van der Waals surface area (Å²) in [5, 5.41) is 0. The van der Waals surface area contributed by atoms with Crippen molar-refractivity contribution in [1.29, 1.82) is 0 Å². The molecule has 1 aliphatic rings. The van der Waals surface area contributed by atoms with Crippen molar-refractivity contribution in [2.75, 3.05) is 0 Å². The summed E-state index contributed by atoms with van der Waals surface area (Å²) in [5.41, 5.74) is -1.91. The van der Waals surface area contributed by atoms with E-state index in [0.717, 1.165) is 37.8 Å². The van der Waals surface area contributed by atoms with Crippen LogP contribution in [0.4, 0.5) is 30.7 Å². The Hall–Kier alpha value is -2.31. The lowest BCUT2D eigenvalue weighted by molar-refractivity contribution is 0.346. The molecule has 3 rings (SSSR count). The fraction of sp³-hybridized carbons (Fsp3) is 0.333. The fourth-order valence-corrected chi connectivity index (χ4v) is 3.55. The topological polar surface area (TPSA) is 0 Å². The minimum absolute atomic E-state index is 0.0774. The molecule has 28 heavy (non-hydrogen) atoms. The van der Waals surface area contributed by atoms with Crippen molar-refractivity contribution in [1.82, 2.24) is 0 Å². The van der Waals surface area contributed by atoms with E-state index in [1.165, 1.54) is 0 Å². The van der Waals surface area contributed by atoms with Crippen LogP contribution in [0.2, 0.25) is 0 Å². The summed E-state index contributed by atoms with van der Waals surface area (Å²) in [5.74, 6) is -11.4. The Morgan fingerprint density at radius 1 is 0.714 bits per heavy atom. The van der Waals surface area contributed by atoms with E-state index in [-0.39, 0.29) is 18.1 Å². The Bertz CT molecular complexity index is 878. The fourth-order valence-electron chi connectivity index (χ4n) is 3.55. The molecule has 0 radical (unpaired) electrons. The highest BCUT2D eigenvalue weighted by atomic mass is 19.2. The Labute approximate surface area is 157 Å². The first-order valence-electron chi connectivity index (χ1n) is 8.88. The number of halogens is 7. The van der Waals surface area contributed by atoms with Crippen LogP contribution in [0.15, 0.2) is 24.3 Å². The number of hydrogen-bond acceptors (Lipinski definition) is 0. The summed E-state index contributed by atoms with van der Waals surface area (Å²) in [6.07, 6.45) is 3.28. The first-order valence-corrected chi connectivity index (χ1v) is 8.88. The number of benzene rings is 2. The molecule has 0 saturated heterocycles. The zero-order valence-corrected chi connectivity index (χ0v) is 14.9. The van der Waals surface area contributed by atoms with E-state index < -0.39 is 51.9 Å². The molecule has 1 saturated carbocycles. The number of rotatable bonds is 3. The average molecular weight is 402 g/mol. The van der Waals surface area contributed by atoms with Crippen LogP contribution in [0.3, 0.4) is 0 Å². The van der Waals surface area contributed by atoms with Gasteiger partial charge in [0.25, 0.3) is 0 Å². The van der Waals surface area contributed by atoms with Crippen LogP contribution < -0.4 is 0 Å². The summed E-state index contributed by atoms with van der Waals surface area (Å²) in [6.45, 7) is 2.09. The van der Waals surface area contributed by atoms with E-state index in [0.29, 0.717) is 11.5 Å². The maximum atomic E-state index is 14.4. The van der Waals surface area contributed by atoms with Crippen molar-refractivity contribution >= 4 is 11.7 Å². The highest BCUT2D eigenvalue weighted by Crippen LogP contribution is 2.39. The monoisotopic (exact) mass is 402 g/mol. The molecule has 2 aromatic rings. The van der Waals surface area contributed by atoms with E-state index >= 15 is 0 Å². The van der Waals surface area contributed by atoms with E-state index in [9.17, 15) is 30.7 Å². The van der Waals surface area contributed by atoms with Gasteiger partial charge in [0.05, 0.1) is 5.56 Å². The normalized spacial score (nSPS) is 20.9. The average Bonchev–Trinajstić information content (AvgIpc) is 2.64. The van der Waals surface area contributed by atoms with E-state index in [1.54, 1.807) is 0 Å². The van der Waals surface area contributed by atoms with Gasteiger partial charge in [0.15, 0.2) is 29.1 Å². The van der Waals surface area contributed by atoms with Crippen molar-refractivity contribution in [3.8, 4) is 0 Å². The molecule has 0 nitrogen and oxygen atoms in total. The Morgan fingerprint density at radius 2 is 1.21 bits per heavy atom. The summed E-state index contributed by atoms with van der Waals surface area (Å²) in [6, 6.07) is 2.33. The summed E-state index contributed by atoms with van der Waals surface area (Å²) >= 11 is 0. The minimum Gasteiger partial charge on any atom is -0.206 e. The predicted octanol–water partition coefficient (Wildman–Crippen LogP) is 7.44. The largest absolute Gasteiger partial charge is 0.206 e. The molecule has 0 aromatic heterocycles. The van der Waals surface area contributed by atoms with Gasteiger partial charge in [-0.2, -0.15) is 0 Å². The van der Waals surface area contributed by atoms with Gasteiger partial charge in [-0.05, 0) is 54.5 Å². The third kappa shape index (κ3) is 3.93. The Morgan fingerprint density at radius 3 is 1.71 bits per heavy atom. The van der Waals surface area contributed by atoms with Crippen molar-refractivity contribution in [2.45, 2.75) is 38.5 Å². The van der Waals surface area contributed by atoms with Crippen molar-refractivity contribution in [3.05, 3.63) is 70.0 Å². The molecule has 2 aromatic carbocycles. The molecule has 0 atom stereocenters. The zero-order chi connectivity index (χ0) is 20.6. The van der Waals surface area contributed by atoms with Crippen LogP contribution >= 0.6 is 0 Å². The standard InChI is InChI=1S/C21H17F7/c1-10-2-4-11(5-3-10)12-6-14(22)18(15(23)7-12)21(28)19(26)13-8-16(24)20(27)17(25)9-13/h6-11H,2-5H2,1H3/b21-19+. The molecule has 1 aliphatic carbocycles. The molecule has 7 heteroatoms. The molecule has 0 amide bonds. The second-order valence-electron chi connectivity index (χ2n) is 7.20. The van der Waals surface area contributed by atoms with Crippen LogP contribution in [-0.4, -0.2) is 0 Å². The lowest BCUT2D eigenvalue weighted by Gasteiger charge is -2.26. The number of hydrogen-bond donors (Lipinski definition) is 0. The van der Waals surface area contributed by atoms with E-state index in [1.807, 2.05) is 0 Å². The van der Waals surface area contributed by atoms with Gasteiger partial charge in [-0.25, -0.2) is 30.7 Å². The SMILES string of the molecule is CC1CCC(c2cc(F)c(/C(F)=C(\F)c3cc(F)c(F)c(F)c3)c(F)c2)CC1. The van der Waals surface area contributed by atoms with Crippen molar-refractivity contribution in [3.63, 3.8) is 0 Å². The lowest BCUT2D eigenvalue weighted by atomic mass is 9.79. The van der Waals surface area contributed by atoms with Crippen LogP contribution in [-0.2, 0) is 0 Å². The van der Waals surface area contributed by atoms with Gasteiger partial charge in [0.2, 0.25) is 0 Å². The lowest BCUT2D eigenvalue weighted by Crippen LogP contribution is -2.11. The van der Waals surface area contributed by atoms with Gasteiger partial charge in [0.1, 0.15) is 11.6 Å². The van der Waals surface area contributed by atoms with Gasteiger partial charge in [-0.1, -0.05) is 19.8 Å². The summed E-state index contributed by atoms with van der Waals surface area (Å²) in [4.78, 5) is 0. The Balaban J connectivity index is 1.99. The highest BCUT2D eigenvalue weighted by molar-refractivity contribution is 5.83. The quantitative estimate of drug-likeness (QED) is 0.284. The molecule has 0 spiro atoms. The summed E-state index contributed by atoms with van der Waals surface area (Å²) in [7, 11) is 0. The smallest absolute Gasteiger partial charge is 0.194 e. The van der Waals surface area contributed by atoms with Crippen molar-refractivity contribution < 1.29 is 30.7 Å². The molecule has 0 aliphatic heterocycles. The van der Waals surface area contributed by atoms with E-state index in [4.69, 9.17) is 0 Å². The van der Waals surface area contributed by atoms with Gasteiger partial charge < -0.3 is 0 Å². The molecule has 1 fully saturated rings. The molecule has 0 unspecified atom stereocenters. The molecule has 150 valence electrons.